The molecule has 0 aromatic rings. The second kappa shape index (κ2) is 12.0. The minimum atomic E-state index is -1.62. The van der Waals surface area contributed by atoms with E-state index in [1.54, 1.807) is 12.2 Å². The maximum absolute atomic E-state index is 13.9. The number of rotatable bonds is 10. The van der Waals surface area contributed by atoms with Crippen molar-refractivity contribution in [2.45, 2.75) is 97.2 Å². The average molecular weight is 561 g/mol. The van der Waals surface area contributed by atoms with Gasteiger partial charge in [0.15, 0.2) is 18.0 Å². The zero-order valence-electron chi connectivity index (χ0n) is 24.2. The van der Waals surface area contributed by atoms with Gasteiger partial charge >= 0.3 is 12.3 Å². The Labute approximate surface area is 236 Å². The van der Waals surface area contributed by atoms with Crippen LogP contribution >= 0.6 is 0 Å². The van der Waals surface area contributed by atoms with Crippen molar-refractivity contribution < 1.29 is 43.2 Å². The van der Waals surface area contributed by atoms with Gasteiger partial charge in [-0.25, -0.2) is 9.59 Å². The van der Waals surface area contributed by atoms with Gasteiger partial charge < -0.3 is 24.1 Å². The topological polar surface area (TPSA) is 125 Å². The molecule has 0 aromatic heterocycles. The van der Waals surface area contributed by atoms with Crippen molar-refractivity contribution in [2.24, 2.45) is 28.6 Å². The van der Waals surface area contributed by atoms with Gasteiger partial charge in [0.05, 0.1) is 19.3 Å². The molecule has 0 amide bonds. The fraction of sp³-hybridized carbons (Fsp3) is 0.742. The lowest BCUT2D eigenvalue weighted by molar-refractivity contribution is -0.184. The number of unbranched alkanes of at least 4 members (excludes halogenated alkanes) is 2. The molecule has 0 aromatic carbocycles. The average Bonchev–Trinajstić information content (AvgIpc) is 3.19. The predicted octanol–water partition coefficient (Wildman–Crippen LogP) is 5.48. The Kier molecular flexibility index (Phi) is 9.12. The number of hydrogen-bond donors (Lipinski definition) is 1. The first kappa shape index (κ1) is 30.3. The summed E-state index contributed by atoms with van der Waals surface area (Å²) in [7, 11) is 0. The molecule has 40 heavy (non-hydrogen) atoms. The number of fused-ring (bicyclic) bond motifs is 5. The third-order valence-corrected chi connectivity index (χ3v) is 10.1. The smallest absolute Gasteiger partial charge is 0.434 e. The van der Waals surface area contributed by atoms with Gasteiger partial charge in [-0.1, -0.05) is 52.2 Å². The summed E-state index contributed by atoms with van der Waals surface area (Å²) in [5.41, 5.74) is -1.95. The van der Waals surface area contributed by atoms with Crippen molar-refractivity contribution in [3.63, 3.8) is 0 Å². The Bertz CT molecular complexity index is 1060. The maximum atomic E-state index is 13.9. The normalized spacial score (nSPS) is 36.0. The van der Waals surface area contributed by atoms with Gasteiger partial charge in [0.2, 0.25) is 5.78 Å². The Morgan fingerprint density at radius 3 is 2.35 bits per heavy atom. The highest BCUT2D eigenvalue weighted by molar-refractivity contribution is 6.01. The first-order valence-corrected chi connectivity index (χ1v) is 14.8. The Morgan fingerprint density at radius 1 is 1.00 bits per heavy atom. The van der Waals surface area contributed by atoms with Gasteiger partial charge in [-0.05, 0) is 68.9 Å². The summed E-state index contributed by atoms with van der Waals surface area (Å²) in [6, 6.07) is 0. The van der Waals surface area contributed by atoms with E-state index in [0.717, 1.165) is 31.3 Å². The van der Waals surface area contributed by atoms with E-state index >= 15 is 0 Å². The molecule has 9 heteroatoms. The fourth-order valence-electron chi connectivity index (χ4n) is 8.05. The van der Waals surface area contributed by atoms with Crippen LogP contribution in [0.1, 0.15) is 85.5 Å². The van der Waals surface area contributed by atoms with E-state index < -0.39 is 47.2 Å². The molecular formula is C31H44O9. The first-order valence-electron chi connectivity index (χ1n) is 14.8. The zero-order valence-corrected chi connectivity index (χ0v) is 24.2. The number of ether oxygens (including phenoxy) is 4. The molecule has 0 saturated heterocycles. The van der Waals surface area contributed by atoms with E-state index in [9.17, 15) is 24.3 Å². The van der Waals surface area contributed by atoms with Crippen molar-refractivity contribution >= 4 is 23.9 Å². The highest BCUT2D eigenvalue weighted by Crippen LogP contribution is 2.68. The molecule has 222 valence electrons. The fourth-order valence-corrected chi connectivity index (χ4v) is 8.05. The molecule has 1 N–H and O–H groups in total. The van der Waals surface area contributed by atoms with Crippen LogP contribution in [0.5, 0.6) is 0 Å². The quantitative estimate of drug-likeness (QED) is 0.273. The predicted molar refractivity (Wildman–Crippen MR) is 145 cm³/mol. The van der Waals surface area contributed by atoms with Crippen LogP contribution in [-0.4, -0.2) is 60.5 Å². The van der Waals surface area contributed by atoms with E-state index in [1.807, 2.05) is 26.8 Å². The maximum Gasteiger partial charge on any atom is 0.509 e. The molecule has 0 aliphatic heterocycles. The summed E-state index contributed by atoms with van der Waals surface area (Å²) in [5, 5.41) is 11.7. The van der Waals surface area contributed by atoms with Crippen molar-refractivity contribution in [1.29, 1.82) is 0 Å². The van der Waals surface area contributed by atoms with E-state index in [1.165, 1.54) is 0 Å². The molecule has 9 nitrogen and oxygen atoms in total. The molecule has 4 aliphatic carbocycles. The van der Waals surface area contributed by atoms with Crippen LogP contribution in [0.4, 0.5) is 9.59 Å². The van der Waals surface area contributed by atoms with Gasteiger partial charge in [-0.15, -0.1) is 0 Å². The van der Waals surface area contributed by atoms with Crippen LogP contribution in [0, 0.1) is 28.6 Å². The van der Waals surface area contributed by atoms with Crippen LogP contribution in [0.3, 0.4) is 0 Å². The molecule has 0 spiro atoms. The zero-order chi connectivity index (χ0) is 29.1. The molecule has 3 saturated carbocycles. The first-order chi connectivity index (χ1) is 19.0. The molecule has 0 heterocycles. The summed E-state index contributed by atoms with van der Waals surface area (Å²) in [5.74, 6) is -0.692. The third kappa shape index (κ3) is 5.33. The summed E-state index contributed by atoms with van der Waals surface area (Å²) in [6.45, 7) is 7.70. The van der Waals surface area contributed by atoms with Gasteiger partial charge in [-0.3, -0.25) is 9.59 Å². The van der Waals surface area contributed by atoms with E-state index in [-0.39, 0.29) is 49.6 Å². The van der Waals surface area contributed by atoms with Crippen molar-refractivity contribution in [3.8, 4) is 0 Å². The number of allylic oxidation sites excluding steroid dienone is 4. The minimum Gasteiger partial charge on any atom is -0.434 e. The second-order valence-electron chi connectivity index (χ2n) is 12.3. The number of aliphatic hydroxyl groups is 1. The molecule has 7 atom stereocenters. The highest BCUT2D eigenvalue weighted by atomic mass is 16.7. The number of hydrogen-bond acceptors (Lipinski definition) is 9. The number of aliphatic hydroxyl groups excluding tert-OH is 1. The SMILES string of the molecule is CCCCOC(=O)OCC(=O)[C@@]1(OC(=O)OCCCC)CC[C@H]2[C@@H]3CCC4=CC(=O)C=C[C@]4(C)[C@H]3C(O)C[C@@]21C. The monoisotopic (exact) mass is 560 g/mol. The van der Waals surface area contributed by atoms with Crippen molar-refractivity contribution in [3.05, 3.63) is 23.8 Å². The Hall–Kier alpha value is -2.68. The standard InChI is InChI=1S/C31H44O9/c1-5-7-15-37-27(35)39-19-25(34)31(40-28(36)38-16-8-6-2)14-12-23-22-10-9-20-17-21(32)11-13-29(20,3)26(22)24(33)18-30(23,31)4/h11,13,17,22-24,26,33H,5-10,12,14-16,18-19H2,1-4H3/t22-,23-,24?,26+,29-,30-,31-/m0/s1. The molecule has 3 fully saturated rings. The van der Waals surface area contributed by atoms with Crippen LogP contribution in [0.25, 0.3) is 0 Å². The largest absolute Gasteiger partial charge is 0.509 e. The van der Waals surface area contributed by atoms with Crippen molar-refractivity contribution in [2.75, 3.05) is 19.8 Å². The number of carbonyl (C=O) groups excluding carboxylic acids is 4. The van der Waals surface area contributed by atoms with Crippen LogP contribution < -0.4 is 0 Å². The van der Waals surface area contributed by atoms with Crippen LogP contribution in [0.15, 0.2) is 23.8 Å². The van der Waals surface area contributed by atoms with Gasteiger partial charge in [0, 0.05) is 16.7 Å². The summed E-state index contributed by atoms with van der Waals surface area (Å²) in [4.78, 5) is 51.1. The van der Waals surface area contributed by atoms with E-state index in [4.69, 9.17) is 18.9 Å². The highest BCUT2D eigenvalue weighted by Gasteiger charge is 2.70. The number of ketones is 2. The van der Waals surface area contributed by atoms with E-state index in [2.05, 4.69) is 6.92 Å². The Balaban J connectivity index is 1.61. The lowest BCUT2D eigenvalue weighted by Crippen LogP contribution is -2.63. The summed E-state index contributed by atoms with van der Waals surface area (Å²) >= 11 is 0. The Morgan fingerprint density at radius 2 is 1.68 bits per heavy atom. The van der Waals surface area contributed by atoms with Crippen LogP contribution in [-0.2, 0) is 28.5 Å². The number of Topliss-reactive ketones (excluding diaryl/α,β-unsaturated/α-hetero) is 1. The minimum absolute atomic E-state index is 0.0326. The molecule has 0 radical (unpaired) electrons. The van der Waals surface area contributed by atoms with Gasteiger partial charge in [0.1, 0.15) is 0 Å². The summed E-state index contributed by atoms with van der Waals surface area (Å²) < 4.78 is 21.5. The van der Waals surface area contributed by atoms with Crippen LogP contribution in [0.2, 0.25) is 0 Å². The lowest BCUT2D eigenvalue weighted by atomic mass is 9.46. The molecule has 4 rings (SSSR count). The number of carbonyl (C=O) groups is 4. The lowest BCUT2D eigenvalue weighted by Gasteiger charge is -2.59. The molecular weight excluding hydrogens is 516 g/mol. The molecule has 1 unspecified atom stereocenters. The summed E-state index contributed by atoms with van der Waals surface area (Å²) in [6.07, 6.45) is 8.11. The van der Waals surface area contributed by atoms with Crippen molar-refractivity contribution in [1.82, 2.24) is 0 Å². The molecule has 4 aliphatic rings. The van der Waals surface area contributed by atoms with Gasteiger partial charge in [-0.2, -0.15) is 0 Å². The second-order valence-corrected chi connectivity index (χ2v) is 12.3. The molecule has 0 bridgehead atoms. The van der Waals surface area contributed by atoms with E-state index in [0.29, 0.717) is 19.3 Å². The van der Waals surface area contributed by atoms with Gasteiger partial charge in [0.25, 0.3) is 0 Å². The third-order valence-electron chi connectivity index (χ3n) is 10.1.